The van der Waals surface area contributed by atoms with Crippen molar-refractivity contribution in [2.24, 2.45) is 0 Å². The number of aromatic nitrogens is 2. The smallest absolute Gasteiger partial charge is 0.409 e. The molecular formula is C32H43N7O9. The Morgan fingerprint density at radius 1 is 1.00 bits per heavy atom. The Hall–Kier alpha value is -5.15. The van der Waals surface area contributed by atoms with Crippen LogP contribution in [0.3, 0.4) is 0 Å². The van der Waals surface area contributed by atoms with Crippen LogP contribution in [0.15, 0.2) is 36.4 Å². The molecule has 2 saturated heterocycles. The highest BCUT2D eigenvalue weighted by Gasteiger charge is 2.38. The minimum absolute atomic E-state index is 0.0744. The third-order valence-corrected chi connectivity index (χ3v) is 8.18. The molecule has 3 unspecified atom stereocenters. The minimum Gasteiger partial charge on any atom is -0.481 e. The van der Waals surface area contributed by atoms with Crippen LogP contribution in [0.25, 0.3) is 5.69 Å². The number of piperazine rings is 1. The Kier molecular flexibility index (Phi) is 12.0. The molecule has 2 aliphatic heterocycles. The van der Waals surface area contributed by atoms with Crippen LogP contribution in [0.4, 0.5) is 4.79 Å². The number of nitrogens with zero attached hydrogens (tertiary/aromatic N) is 6. The summed E-state index contributed by atoms with van der Waals surface area (Å²) in [6, 6.07) is 8.36. The molecule has 0 aliphatic carbocycles. The van der Waals surface area contributed by atoms with E-state index in [2.05, 4.69) is 10.4 Å². The molecule has 5 amide bonds. The van der Waals surface area contributed by atoms with Crippen molar-refractivity contribution in [2.75, 3.05) is 53.4 Å². The Labute approximate surface area is 278 Å². The number of aliphatic carboxylic acids is 1. The number of carboxylic acids is 1. The van der Waals surface area contributed by atoms with Gasteiger partial charge in [0.25, 0.3) is 11.8 Å². The van der Waals surface area contributed by atoms with Crippen molar-refractivity contribution in [2.45, 2.75) is 57.7 Å². The van der Waals surface area contributed by atoms with Gasteiger partial charge in [0.05, 0.1) is 12.3 Å². The van der Waals surface area contributed by atoms with Gasteiger partial charge in [-0.2, -0.15) is 5.10 Å². The molecular weight excluding hydrogens is 626 g/mol. The number of carbonyl (C=O) groups is 6. The monoisotopic (exact) mass is 669 g/mol. The van der Waals surface area contributed by atoms with Crippen molar-refractivity contribution in [3.63, 3.8) is 0 Å². The number of hydrogen-bond acceptors (Lipinski definition) is 9. The van der Waals surface area contributed by atoms with Gasteiger partial charge in [-0.3, -0.25) is 24.0 Å². The number of likely N-dealkylation sites (N-methyl/N-ethyl adjacent to an activating group) is 1. The predicted octanol–water partition coefficient (Wildman–Crippen LogP) is 0.983. The molecule has 0 saturated carbocycles. The zero-order chi connectivity index (χ0) is 35.0. The third-order valence-electron chi connectivity index (χ3n) is 8.18. The lowest BCUT2D eigenvalue weighted by atomic mass is 10.1. The van der Waals surface area contributed by atoms with E-state index in [1.807, 2.05) is 0 Å². The first-order valence-corrected chi connectivity index (χ1v) is 16.0. The van der Waals surface area contributed by atoms with Crippen molar-refractivity contribution >= 4 is 35.7 Å². The first-order chi connectivity index (χ1) is 22.9. The molecule has 0 radical (unpaired) electrons. The van der Waals surface area contributed by atoms with Crippen molar-refractivity contribution in [1.82, 2.24) is 34.7 Å². The van der Waals surface area contributed by atoms with Crippen LogP contribution in [0.5, 0.6) is 5.88 Å². The number of ether oxygens (including phenoxy) is 2. The zero-order valence-electron chi connectivity index (χ0n) is 27.7. The molecule has 0 bridgehead atoms. The van der Waals surface area contributed by atoms with Crippen LogP contribution < -0.4 is 10.1 Å². The van der Waals surface area contributed by atoms with Gasteiger partial charge in [0.15, 0.2) is 11.8 Å². The van der Waals surface area contributed by atoms with E-state index in [9.17, 15) is 33.9 Å². The number of carbonyl (C=O) groups excluding carboxylic acids is 5. The Bertz CT molecular complexity index is 1490. The van der Waals surface area contributed by atoms with E-state index < -0.39 is 42.1 Å². The van der Waals surface area contributed by atoms with E-state index >= 15 is 0 Å². The van der Waals surface area contributed by atoms with E-state index in [4.69, 9.17) is 9.47 Å². The number of para-hydroxylation sites is 1. The Balaban J connectivity index is 1.53. The zero-order valence-corrected chi connectivity index (χ0v) is 27.7. The average molecular weight is 670 g/mol. The van der Waals surface area contributed by atoms with E-state index in [0.29, 0.717) is 25.1 Å². The topological polar surface area (TPSA) is 184 Å². The second-order valence-corrected chi connectivity index (χ2v) is 11.8. The number of likely N-dealkylation sites (tertiary alicyclic amines) is 1. The molecule has 16 nitrogen and oxygen atoms in total. The molecule has 2 aromatic rings. The number of benzene rings is 1. The first kappa shape index (κ1) is 35.7. The van der Waals surface area contributed by atoms with Crippen LogP contribution in [0, 0.1) is 0 Å². The number of carboxylic acid groups (broad SMARTS) is 1. The van der Waals surface area contributed by atoms with Gasteiger partial charge >= 0.3 is 12.1 Å². The fraction of sp³-hybridized carbons (Fsp3) is 0.531. The number of nitrogens with one attached hydrogen (secondary N) is 1. The van der Waals surface area contributed by atoms with Crippen LogP contribution >= 0.6 is 0 Å². The quantitative estimate of drug-likeness (QED) is 0.330. The molecule has 2 aliphatic rings. The molecule has 1 aromatic carbocycles. The number of hydrogen-bond donors (Lipinski definition) is 2. The van der Waals surface area contributed by atoms with Gasteiger partial charge in [0.1, 0.15) is 12.1 Å². The maximum absolute atomic E-state index is 13.6. The standard InChI is InChI=1S/C32H43N7O9/c1-5-47-32(46)37-18-16-36(17-19-37)30(44)23(13-14-27(40)41)33-28(42)24-20-26(39(34-24)22-10-7-6-8-11-22)48-21(2)29(43)38-15-9-12-25(38)31(45)35(3)4/h6-8,10-11,20-21,23,25H,5,9,12-19H2,1-4H3,(H,33,42)(H,40,41). The summed E-state index contributed by atoms with van der Waals surface area (Å²) in [6.45, 7) is 4.71. The Morgan fingerprint density at radius 2 is 1.67 bits per heavy atom. The van der Waals surface area contributed by atoms with E-state index in [1.165, 1.54) is 30.3 Å². The van der Waals surface area contributed by atoms with Crippen molar-refractivity contribution in [1.29, 1.82) is 0 Å². The van der Waals surface area contributed by atoms with Gasteiger partial charge in [-0.25, -0.2) is 9.48 Å². The molecule has 0 spiro atoms. The summed E-state index contributed by atoms with van der Waals surface area (Å²) < 4.78 is 12.5. The molecule has 2 N–H and O–H groups in total. The minimum atomic E-state index is -1.18. The molecule has 4 rings (SSSR count). The summed E-state index contributed by atoms with van der Waals surface area (Å²) >= 11 is 0. The van der Waals surface area contributed by atoms with Crippen LogP contribution in [0.1, 0.15) is 50.0 Å². The summed E-state index contributed by atoms with van der Waals surface area (Å²) in [4.78, 5) is 82.6. The second-order valence-electron chi connectivity index (χ2n) is 11.8. The van der Waals surface area contributed by atoms with Gasteiger partial charge in [-0.15, -0.1) is 0 Å². The normalized spacial score (nSPS) is 17.3. The van der Waals surface area contributed by atoms with Gasteiger partial charge < -0.3 is 39.5 Å². The lowest BCUT2D eigenvalue weighted by molar-refractivity contribution is -0.146. The highest BCUT2D eigenvalue weighted by molar-refractivity contribution is 5.96. The van der Waals surface area contributed by atoms with Gasteiger partial charge in [-0.05, 0) is 45.2 Å². The van der Waals surface area contributed by atoms with Crippen molar-refractivity contribution in [3.05, 3.63) is 42.1 Å². The molecule has 260 valence electrons. The van der Waals surface area contributed by atoms with E-state index in [1.54, 1.807) is 58.3 Å². The van der Waals surface area contributed by atoms with E-state index in [0.717, 1.165) is 0 Å². The highest BCUT2D eigenvalue weighted by atomic mass is 16.6. The lowest BCUT2D eigenvalue weighted by Gasteiger charge is -2.35. The maximum atomic E-state index is 13.6. The van der Waals surface area contributed by atoms with Gasteiger partial charge in [0.2, 0.25) is 17.7 Å². The summed E-state index contributed by atoms with van der Waals surface area (Å²) in [5.41, 5.74) is 0.404. The van der Waals surface area contributed by atoms with Gasteiger partial charge in [0, 0.05) is 59.3 Å². The number of amides is 5. The van der Waals surface area contributed by atoms with Crippen LogP contribution in [-0.4, -0.2) is 142 Å². The molecule has 16 heteroatoms. The van der Waals surface area contributed by atoms with Crippen molar-refractivity contribution < 1.29 is 43.3 Å². The van der Waals surface area contributed by atoms with Crippen molar-refractivity contribution in [3.8, 4) is 11.6 Å². The fourth-order valence-corrected chi connectivity index (χ4v) is 5.67. The Morgan fingerprint density at radius 3 is 2.29 bits per heavy atom. The lowest BCUT2D eigenvalue weighted by Crippen LogP contribution is -2.56. The molecule has 1 aromatic heterocycles. The first-order valence-electron chi connectivity index (χ1n) is 16.0. The fourth-order valence-electron chi connectivity index (χ4n) is 5.67. The molecule has 2 fully saturated rings. The van der Waals surface area contributed by atoms with Crippen LogP contribution in [0.2, 0.25) is 0 Å². The summed E-state index contributed by atoms with van der Waals surface area (Å²) in [7, 11) is 3.28. The molecule has 48 heavy (non-hydrogen) atoms. The van der Waals surface area contributed by atoms with Crippen LogP contribution in [-0.2, 0) is 23.9 Å². The largest absolute Gasteiger partial charge is 0.481 e. The second kappa shape index (κ2) is 16.1. The van der Waals surface area contributed by atoms with Gasteiger partial charge in [-0.1, -0.05) is 18.2 Å². The maximum Gasteiger partial charge on any atom is 0.409 e. The third kappa shape index (κ3) is 8.60. The summed E-state index contributed by atoms with van der Waals surface area (Å²) in [6.07, 6.45) is -0.837. The highest BCUT2D eigenvalue weighted by Crippen LogP contribution is 2.24. The molecule has 3 heterocycles. The van der Waals surface area contributed by atoms with E-state index in [-0.39, 0.29) is 69.0 Å². The SMILES string of the molecule is CCOC(=O)N1CCN(C(=O)C(CCC(=O)O)NC(=O)c2cc(OC(C)C(=O)N3CCCC3C(=O)N(C)C)n(-c3ccccc3)n2)CC1. The molecule has 3 atom stereocenters. The number of rotatable bonds is 12. The summed E-state index contributed by atoms with van der Waals surface area (Å²) in [5.74, 6) is -2.86. The predicted molar refractivity (Wildman–Crippen MR) is 170 cm³/mol. The average Bonchev–Trinajstić information content (AvgIpc) is 3.74. The summed E-state index contributed by atoms with van der Waals surface area (Å²) in [5, 5.41) is 16.4.